The maximum atomic E-state index is 11.7. The van der Waals surface area contributed by atoms with E-state index in [0.29, 0.717) is 11.3 Å². The van der Waals surface area contributed by atoms with Crippen molar-refractivity contribution >= 4 is 11.3 Å². The van der Waals surface area contributed by atoms with E-state index in [2.05, 4.69) is 10.1 Å². The normalized spacial score (nSPS) is 10.4. The SMILES string of the molecule is N#Cc1cnn2c(-c3cccc([N+](=O)[O-])c3)cc(=O)[nH]c12. The molecule has 21 heavy (non-hydrogen) atoms. The van der Waals surface area contributed by atoms with Crippen LogP contribution < -0.4 is 5.56 Å². The van der Waals surface area contributed by atoms with Crippen LogP contribution in [-0.4, -0.2) is 19.5 Å². The Morgan fingerprint density at radius 3 is 2.90 bits per heavy atom. The number of hydrogen-bond acceptors (Lipinski definition) is 5. The van der Waals surface area contributed by atoms with Gasteiger partial charge in [-0.2, -0.15) is 10.4 Å². The molecular weight excluding hydrogens is 274 g/mol. The zero-order valence-electron chi connectivity index (χ0n) is 10.5. The van der Waals surface area contributed by atoms with Gasteiger partial charge < -0.3 is 4.98 Å². The van der Waals surface area contributed by atoms with E-state index < -0.39 is 10.5 Å². The van der Waals surface area contributed by atoms with E-state index in [1.807, 2.05) is 6.07 Å². The number of rotatable bonds is 2. The molecule has 0 saturated carbocycles. The van der Waals surface area contributed by atoms with Gasteiger partial charge in [0.05, 0.1) is 16.8 Å². The Morgan fingerprint density at radius 1 is 1.38 bits per heavy atom. The largest absolute Gasteiger partial charge is 0.306 e. The van der Waals surface area contributed by atoms with Crippen molar-refractivity contribution in [2.24, 2.45) is 0 Å². The lowest BCUT2D eigenvalue weighted by atomic mass is 10.1. The number of nitro groups is 1. The summed E-state index contributed by atoms with van der Waals surface area (Å²) in [5, 5.41) is 23.9. The number of aromatic nitrogens is 3. The average Bonchev–Trinajstić information content (AvgIpc) is 2.89. The van der Waals surface area contributed by atoms with Crippen LogP contribution in [0.25, 0.3) is 16.9 Å². The van der Waals surface area contributed by atoms with Crippen LogP contribution in [0.4, 0.5) is 5.69 Å². The quantitative estimate of drug-likeness (QED) is 0.563. The minimum Gasteiger partial charge on any atom is -0.306 e. The van der Waals surface area contributed by atoms with Crippen molar-refractivity contribution in [1.82, 2.24) is 14.6 Å². The molecule has 0 aliphatic carbocycles. The highest BCUT2D eigenvalue weighted by molar-refractivity contribution is 5.67. The summed E-state index contributed by atoms with van der Waals surface area (Å²) >= 11 is 0. The van der Waals surface area contributed by atoms with Crippen LogP contribution >= 0.6 is 0 Å². The summed E-state index contributed by atoms with van der Waals surface area (Å²) in [7, 11) is 0. The van der Waals surface area contributed by atoms with Gasteiger partial charge in [0.25, 0.3) is 11.2 Å². The molecule has 0 aliphatic rings. The van der Waals surface area contributed by atoms with Gasteiger partial charge in [-0.15, -0.1) is 0 Å². The summed E-state index contributed by atoms with van der Waals surface area (Å²) in [5.74, 6) is 0. The van der Waals surface area contributed by atoms with Crippen molar-refractivity contribution in [3.63, 3.8) is 0 Å². The van der Waals surface area contributed by atoms with Gasteiger partial charge in [0.15, 0.2) is 5.65 Å². The lowest BCUT2D eigenvalue weighted by Crippen LogP contribution is -2.10. The van der Waals surface area contributed by atoms with E-state index in [0.717, 1.165) is 0 Å². The summed E-state index contributed by atoms with van der Waals surface area (Å²) in [5.41, 5.74) is 0.812. The van der Waals surface area contributed by atoms with Crippen LogP contribution in [0.15, 0.2) is 41.3 Å². The molecule has 1 aromatic carbocycles. The van der Waals surface area contributed by atoms with Crippen molar-refractivity contribution in [1.29, 1.82) is 5.26 Å². The first kappa shape index (κ1) is 12.6. The molecule has 8 heteroatoms. The summed E-state index contributed by atoms with van der Waals surface area (Å²) in [6.45, 7) is 0. The first-order valence-corrected chi connectivity index (χ1v) is 5.86. The lowest BCUT2D eigenvalue weighted by Gasteiger charge is -2.04. The summed E-state index contributed by atoms with van der Waals surface area (Å²) in [6, 6.07) is 9.07. The predicted molar refractivity (Wildman–Crippen MR) is 72.6 cm³/mol. The number of nitriles is 1. The molecule has 0 saturated heterocycles. The number of nitro benzene ring substituents is 1. The monoisotopic (exact) mass is 281 g/mol. The molecule has 0 amide bonds. The zero-order valence-corrected chi connectivity index (χ0v) is 10.5. The van der Waals surface area contributed by atoms with Gasteiger partial charge in [-0.25, -0.2) is 4.52 Å². The van der Waals surface area contributed by atoms with Crippen LogP contribution in [0.1, 0.15) is 5.56 Å². The number of nitrogens with one attached hydrogen (secondary N) is 1. The second-order valence-electron chi connectivity index (χ2n) is 4.26. The number of non-ortho nitro benzene ring substituents is 1. The molecule has 0 unspecified atom stereocenters. The molecule has 0 aliphatic heterocycles. The average molecular weight is 281 g/mol. The first-order chi connectivity index (χ1) is 10.1. The number of benzene rings is 1. The number of aromatic amines is 1. The van der Waals surface area contributed by atoms with Gasteiger partial charge in [0, 0.05) is 23.8 Å². The number of fused-ring (bicyclic) bond motifs is 1. The maximum Gasteiger partial charge on any atom is 0.270 e. The van der Waals surface area contributed by atoms with E-state index in [4.69, 9.17) is 5.26 Å². The summed E-state index contributed by atoms with van der Waals surface area (Å²) < 4.78 is 1.37. The Labute approximate surface area is 117 Å². The molecule has 0 radical (unpaired) electrons. The minimum atomic E-state index is -0.516. The minimum absolute atomic E-state index is 0.0893. The van der Waals surface area contributed by atoms with Gasteiger partial charge in [-0.05, 0) is 0 Å². The second kappa shape index (κ2) is 4.57. The zero-order chi connectivity index (χ0) is 15.0. The van der Waals surface area contributed by atoms with E-state index in [1.54, 1.807) is 6.07 Å². The number of hydrogen-bond donors (Lipinski definition) is 1. The van der Waals surface area contributed by atoms with Gasteiger partial charge in [-0.3, -0.25) is 14.9 Å². The fourth-order valence-electron chi connectivity index (χ4n) is 2.06. The van der Waals surface area contributed by atoms with Crippen molar-refractivity contribution in [3.8, 4) is 17.3 Å². The Balaban J connectivity index is 2.33. The third kappa shape index (κ3) is 2.02. The number of nitrogens with zero attached hydrogens (tertiary/aromatic N) is 4. The second-order valence-corrected chi connectivity index (χ2v) is 4.26. The molecule has 1 N–H and O–H groups in total. The molecule has 102 valence electrons. The highest BCUT2D eigenvalue weighted by Crippen LogP contribution is 2.23. The van der Waals surface area contributed by atoms with Crippen LogP contribution in [0.3, 0.4) is 0 Å². The van der Waals surface area contributed by atoms with Crippen molar-refractivity contribution < 1.29 is 4.92 Å². The molecule has 3 rings (SSSR count). The van der Waals surface area contributed by atoms with E-state index in [1.165, 1.54) is 35.0 Å². The van der Waals surface area contributed by atoms with E-state index >= 15 is 0 Å². The standard InChI is InChI=1S/C13H7N5O3/c14-6-9-7-15-17-11(5-12(19)16-13(9)17)8-2-1-3-10(4-8)18(20)21/h1-5,7H,(H,16,19). The third-order valence-corrected chi connectivity index (χ3v) is 2.98. The third-order valence-electron chi connectivity index (χ3n) is 2.98. The molecule has 8 nitrogen and oxygen atoms in total. The van der Waals surface area contributed by atoms with Gasteiger partial charge in [0.2, 0.25) is 0 Å². The fraction of sp³-hybridized carbons (Fsp3) is 0. The van der Waals surface area contributed by atoms with Crippen molar-refractivity contribution in [3.05, 3.63) is 62.6 Å². The van der Waals surface area contributed by atoms with Crippen molar-refractivity contribution in [2.45, 2.75) is 0 Å². The molecule has 0 bridgehead atoms. The molecule has 0 atom stereocenters. The van der Waals surface area contributed by atoms with Gasteiger partial charge in [0.1, 0.15) is 11.6 Å². The molecular formula is C13H7N5O3. The smallest absolute Gasteiger partial charge is 0.270 e. The molecule has 3 aromatic rings. The van der Waals surface area contributed by atoms with E-state index in [9.17, 15) is 14.9 Å². The first-order valence-electron chi connectivity index (χ1n) is 5.86. The van der Waals surface area contributed by atoms with Crippen LogP contribution in [0.5, 0.6) is 0 Å². The Hall–Kier alpha value is -3.47. The van der Waals surface area contributed by atoms with Crippen molar-refractivity contribution in [2.75, 3.05) is 0 Å². The van der Waals surface area contributed by atoms with Gasteiger partial charge in [-0.1, -0.05) is 12.1 Å². The molecule has 0 spiro atoms. The molecule has 2 heterocycles. The van der Waals surface area contributed by atoms with E-state index in [-0.39, 0.29) is 16.9 Å². The highest BCUT2D eigenvalue weighted by atomic mass is 16.6. The fourth-order valence-corrected chi connectivity index (χ4v) is 2.06. The Bertz CT molecular complexity index is 964. The molecule has 2 aromatic heterocycles. The summed E-state index contributed by atoms with van der Waals surface area (Å²) in [4.78, 5) is 24.6. The van der Waals surface area contributed by atoms with Gasteiger partial charge >= 0.3 is 0 Å². The Morgan fingerprint density at radius 2 is 2.19 bits per heavy atom. The number of H-pyrrole nitrogens is 1. The highest BCUT2D eigenvalue weighted by Gasteiger charge is 2.13. The predicted octanol–water partition coefficient (Wildman–Crippen LogP) is 1.47. The Kier molecular flexibility index (Phi) is 2.73. The summed E-state index contributed by atoms with van der Waals surface area (Å²) in [6.07, 6.45) is 1.33. The topological polar surface area (TPSA) is 117 Å². The lowest BCUT2D eigenvalue weighted by molar-refractivity contribution is -0.384. The maximum absolute atomic E-state index is 11.7. The van der Waals surface area contributed by atoms with Crippen LogP contribution in [-0.2, 0) is 0 Å². The van der Waals surface area contributed by atoms with Crippen LogP contribution in [0, 0.1) is 21.4 Å². The van der Waals surface area contributed by atoms with Crippen LogP contribution in [0.2, 0.25) is 0 Å². The molecule has 0 fully saturated rings.